The van der Waals surface area contributed by atoms with Crippen LogP contribution in [0, 0.1) is 0 Å². The second kappa shape index (κ2) is 5.41. The molecule has 3 heterocycles. The minimum Gasteiger partial charge on any atom is -0.463 e. The molecule has 0 fully saturated rings. The Morgan fingerprint density at radius 1 is 0.955 bits per heavy atom. The number of anilines is 1. The molecule has 0 aliphatic rings. The molecule has 3 aromatic heterocycles. The molecule has 0 bridgehead atoms. The monoisotopic (exact) mass is 289 g/mol. The number of fused-ring (bicyclic) bond motifs is 1. The third kappa shape index (κ3) is 2.24. The Hall–Kier alpha value is -3.01. The molecule has 0 unspecified atom stereocenters. The molecular weight excluding hydrogens is 274 g/mol. The average Bonchev–Trinajstić information content (AvgIpc) is 3.21. The standard InChI is InChI=1S/C18H15N3O/c1-2-7-14(8-3-1)13-19-18-17(15-9-6-12-22-15)20-16-10-4-5-11-21(16)18/h1-12,19H,13H2. The van der Waals surface area contributed by atoms with Gasteiger partial charge in [-0.2, -0.15) is 0 Å². The lowest BCUT2D eigenvalue weighted by atomic mass is 10.2. The summed E-state index contributed by atoms with van der Waals surface area (Å²) in [5.74, 6) is 1.70. The first-order chi connectivity index (χ1) is 10.9. The maximum absolute atomic E-state index is 5.53. The summed E-state index contributed by atoms with van der Waals surface area (Å²) in [5.41, 5.74) is 2.94. The Labute approximate surface area is 128 Å². The van der Waals surface area contributed by atoms with E-state index in [1.54, 1.807) is 6.26 Å². The highest BCUT2D eigenvalue weighted by molar-refractivity contribution is 5.73. The molecule has 0 amide bonds. The quantitative estimate of drug-likeness (QED) is 0.612. The molecular formula is C18H15N3O. The van der Waals surface area contributed by atoms with E-state index >= 15 is 0 Å². The molecule has 4 nitrogen and oxygen atoms in total. The van der Waals surface area contributed by atoms with Gasteiger partial charge >= 0.3 is 0 Å². The van der Waals surface area contributed by atoms with Gasteiger partial charge in [-0.3, -0.25) is 4.40 Å². The predicted molar refractivity (Wildman–Crippen MR) is 86.7 cm³/mol. The van der Waals surface area contributed by atoms with Gasteiger partial charge in [0.15, 0.2) is 5.76 Å². The van der Waals surface area contributed by atoms with Crippen molar-refractivity contribution in [2.75, 3.05) is 5.32 Å². The summed E-state index contributed by atoms with van der Waals surface area (Å²) in [6, 6.07) is 20.1. The molecule has 4 rings (SSSR count). The normalized spacial score (nSPS) is 10.9. The van der Waals surface area contributed by atoms with Crippen LogP contribution in [0.1, 0.15) is 5.56 Å². The van der Waals surface area contributed by atoms with E-state index in [1.165, 1.54) is 5.56 Å². The van der Waals surface area contributed by atoms with E-state index in [-0.39, 0.29) is 0 Å². The second-order valence-corrected chi connectivity index (χ2v) is 5.05. The molecule has 0 aliphatic heterocycles. The zero-order valence-corrected chi connectivity index (χ0v) is 11.9. The fourth-order valence-corrected chi connectivity index (χ4v) is 2.53. The first-order valence-corrected chi connectivity index (χ1v) is 7.20. The van der Waals surface area contributed by atoms with Crippen molar-refractivity contribution in [1.82, 2.24) is 9.38 Å². The maximum atomic E-state index is 5.53. The summed E-state index contributed by atoms with van der Waals surface area (Å²) in [4.78, 5) is 4.67. The number of nitrogens with zero attached hydrogens (tertiary/aromatic N) is 2. The van der Waals surface area contributed by atoms with Crippen LogP contribution in [-0.4, -0.2) is 9.38 Å². The van der Waals surface area contributed by atoms with Crippen molar-refractivity contribution in [2.45, 2.75) is 6.54 Å². The van der Waals surface area contributed by atoms with Gasteiger partial charge in [-0.15, -0.1) is 0 Å². The van der Waals surface area contributed by atoms with Crippen LogP contribution in [0.2, 0.25) is 0 Å². The number of imidazole rings is 1. The smallest absolute Gasteiger partial charge is 0.156 e. The number of nitrogens with one attached hydrogen (secondary N) is 1. The van der Waals surface area contributed by atoms with Crippen molar-refractivity contribution in [3.05, 3.63) is 78.7 Å². The Morgan fingerprint density at radius 2 is 1.82 bits per heavy atom. The van der Waals surface area contributed by atoms with Gasteiger partial charge in [-0.25, -0.2) is 4.98 Å². The molecule has 0 saturated heterocycles. The van der Waals surface area contributed by atoms with Crippen molar-refractivity contribution in [2.24, 2.45) is 0 Å². The first-order valence-electron chi connectivity index (χ1n) is 7.20. The van der Waals surface area contributed by atoms with Crippen molar-refractivity contribution in [3.8, 4) is 11.5 Å². The largest absolute Gasteiger partial charge is 0.463 e. The second-order valence-electron chi connectivity index (χ2n) is 5.05. The summed E-state index contributed by atoms with van der Waals surface area (Å²) >= 11 is 0. The molecule has 22 heavy (non-hydrogen) atoms. The zero-order chi connectivity index (χ0) is 14.8. The predicted octanol–water partition coefficient (Wildman–Crippen LogP) is 4.21. The maximum Gasteiger partial charge on any atom is 0.156 e. The number of rotatable bonds is 4. The third-order valence-corrected chi connectivity index (χ3v) is 3.59. The SMILES string of the molecule is c1ccc(CNc2c(-c3ccco3)nc3ccccn23)cc1. The molecule has 1 aromatic carbocycles. The Kier molecular flexibility index (Phi) is 3.12. The fraction of sp³-hybridized carbons (Fsp3) is 0.0556. The molecule has 4 aromatic rings. The summed E-state index contributed by atoms with van der Waals surface area (Å²) in [6.45, 7) is 0.733. The van der Waals surface area contributed by atoms with E-state index in [1.807, 2.05) is 59.1 Å². The lowest BCUT2D eigenvalue weighted by Gasteiger charge is -2.08. The highest BCUT2D eigenvalue weighted by Gasteiger charge is 2.15. The van der Waals surface area contributed by atoms with Gasteiger partial charge in [0.25, 0.3) is 0 Å². The Bertz CT molecular complexity index is 879. The Morgan fingerprint density at radius 3 is 2.64 bits per heavy atom. The van der Waals surface area contributed by atoms with E-state index in [0.29, 0.717) is 0 Å². The topological polar surface area (TPSA) is 42.5 Å². The highest BCUT2D eigenvalue weighted by atomic mass is 16.3. The molecule has 0 aliphatic carbocycles. The van der Waals surface area contributed by atoms with Crippen LogP contribution in [0.25, 0.3) is 17.1 Å². The minimum atomic E-state index is 0.733. The number of hydrogen-bond donors (Lipinski definition) is 1. The lowest BCUT2D eigenvalue weighted by molar-refractivity contribution is 0.580. The molecule has 4 heteroatoms. The van der Waals surface area contributed by atoms with Crippen LogP contribution < -0.4 is 5.32 Å². The van der Waals surface area contributed by atoms with E-state index in [4.69, 9.17) is 4.42 Å². The van der Waals surface area contributed by atoms with Crippen molar-refractivity contribution >= 4 is 11.5 Å². The number of hydrogen-bond acceptors (Lipinski definition) is 3. The molecule has 0 saturated carbocycles. The van der Waals surface area contributed by atoms with Gasteiger partial charge in [0.1, 0.15) is 17.2 Å². The summed E-state index contributed by atoms with van der Waals surface area (Å²) in [6.07, 6.45) is 3.67. The zero-order valence-electron chi connectivity index (χ0n) is 11.9. The van der Waals surface area contributed by atoms with Gasteiger partial charge in [-0.05, 0) is 29.8 Å². The van der Waals surface area contributed by atoms with Crippen molar-refractivity contribution < 1.29 is 4.42 Å². The fourth-order valence-electron chi connectivity index (χ4n) is 2.53. The lowest BCUT2D eigenvalue weighted by Crippen LogP contribution is -2.03. The van der Waals surface area contributed by atoms with Gasteiger partial charge in [-0.1, -0.05) is 36.4 Å². The van der Waals surface area contributed by atoms with Crippen LogP contribution in [-0.2, 0) is 6.54 Å². The van der Waals surface area contributed by atoms with Crippen LogP contribution in [0.5, 0.6) is 0 Å². The number of aromatic nitrogens is 2. The highest BCUT2D eigenvalue weighted by Crippen LogP contribution is 2.29. The molecule has 108 valence electrons. The summed E-state index contributed by atoms with van der Waals surface area (Å²) in [7, 11) is 0. The average molecular weight is 289 g/mol. The Balaban J connectivity index is 1.76. The first kappa shape index (κ1) is 12.7. The number of pyridine rings is 1. The van der Waals surface area contributed by atoms with Gasteiger partial charge in [0.2, 0.25) is 0 Å². The molecule has 0 radical (unpaired) electrons. The van der Waals surface area contributed by atoms with Crippen LogP contribution in [0.15, 0.2) is 77.5 Å². The number of furan rings is 1. The van der Waals surface area contributed by atoms with Gasteiger partial charge in [0, 0.05) is 12.7 Å². The third-order valence-electron chi connectivity index (χ3n) is 3.59. The van der Waals surface area contributed by atoms with Crippen molar-refractivity contribution in [1.29, 1.82) is 0 Å². The van der Waals surface area contributed by atoms with E-state index < -0.39 is 0 Å². The number of benzene rings is 1. The van der Waals surface area contributed by atoms with E-state index in [0.717, 1.165) is 29.5 Å². The van der Waals surface area contributed by atoms with E-state index in [9.17, 15) is 0 Å². The van der Waals surface area contributed by atoms with Crippen LogP contribution >= 0.6 is 0 Å². The van der Waals surface area contributed by atoms with Crippen LogP contribution in [0.4, 0.5) is 5.82 Å². The molecule has 1 N–H and O–H groups in total. The summed E-state index contributed by atoms with van der Waals surface area (Å²) in [5, 5.41) is 3.48. The van der Waals surface area contributed by atoms with E-state index in [2.05, 4.69) is 22.4 Å². The minimum absolute atomic E-state index is 0.733. The molecule has 0 spiro atoms. The molecule has 0 atom stereocenters. The van der Waals surface area contributed by atoms with Gasteiger partial charge < -0.3 is 9.73 Å². The van der Waals surface area contributed by atoms with Gasteiger partial charge in [0.05, 0.1) is 6.26 Å². The summed E-state index contributed by atoms with van der Waals surface area (Å²) < 4.78 is 7.57. The van der Waals surface area contributed by atoms with Crippen molar-refractivity contribution in [3.63, 3.8) is 0 Å². The van der Waals surface area contributed by atoms with Crippen LogP contribution in [0.3, 0.4) is 0 Å².